The summed E-state index contributed by atoms with van der Waals surface area (Å²) in [6, 6.07) is 0. The maximum Gasteiger partial charge on any atom is 0.309 e. The maximum absolute atomic E-state index is 12.4. The molecule has 1 spiro atoms. The number of fused-ring (bicyclic) bond motifs is 2. The smallest absolute Gasteiger partial charge is 0.309 e. The Bertz CT molecular complexity index is 543. The van der Waals surface area contributed by atoms with E-state index < -0.39 is 40.4 Å². The number of hydrogen-bond donors (Lipinski definition) is 4. The summed E-state index contributed by atoms with van der Waals surface area (Å²) in [5.41, 5.74) is -5.43. The van der Waals surface area contributed by atoms with E-state index in [-0.39, 0.29) is 44.3 Å². The minimum atomic E-state index is -1.96. The molecule has 4 N–H and O–H groups in total. The third-order valence-electron chi connectivity index (χ3n) is 6.07. The van der Waals surface area contributed by atoms with E-state index in [0.29, 0.717) is 0 Å². The topological polar surface area (TPSA) is 132 Å². The van der Waals surface area contributed by atoms with Crippen molar-refractivity contribution in [2.45, 2.75) is 49.7 Å². The predicted octanol–water partition coefficient (Wildman–Crippen LogP) is -0.213. The van der Waals surface area contributed by atoms with E-state index in [1.165, 1.54) is 0 Å². The van der Waals surface area contributed by atoms with Gasteiger partial charge in [0.05, 0.1) is 17.3 Å². The summed E-state index contributed by atoms with van der Waals surface area (Å²) in [6.07, 6.45) is 0.132. The van der Waals surface area contributed by atoms with E-state index in [1.54, 1.807) is 0 Å². The number of hydrogen-bond acceptors (Lipinski definition) is 5. The summed E-state index contributed by atoms with van der Waals surface area (Å²) in [6.45, 7) is 0. The van der Waals surface area contributed by atoms with Gasteiger partial charge in [0.2, 0.25) is 0 Å². The van der Waals surface area contributed by atoms with Crippen molar-refractivity contribution < 1.29 is 34.8 Å². The van der Waals surface area contributed by atoms with Crippen LogP contribution in [-0.2, 0) is 14.4 Å². The molecule has 7 heteroatoms. The highest BCUT2D eigenvalue weighted by atomic mass is 16.4. The van der Waals surface area contributed by atoms with Crippen LogP contribution < -0.4 is 0 Å². The molecule has 5 atom stereocenters. The Balaban J connectivity index is 2.13. The van der Waals surface area contributed by atoms with Gasteiger partial charge in [0.15, 0.2) is 0 Å². The van der Waals surface area contributed by atoms with Gasteiger partial charge in [0, 0.05) is 6.42 Å². The molecule has 0 aromatic rings. The van der Waals surface area contributed by atoms with Gasteiger partial charge in [-0.15, -0.1) is 0 Å². The number of carbonyl (C=O) groups is 3. The van der Waals surface area contributed by atoms with Gasteiger partial charge in [-0.05, 0) is 32.1 Å². The minimum absolute atomic E-state index is 0.0274. The summed E-state index contributed by atoms with van der Waals surface area (Å²) < 4.78 is 0. The Hall–Kier alpha value is -1.47. The number of Topliss-reactive ketones (excluding diaryl/α,β-unsaturated/α-hetero) is 1. The standard InChI is InChI=1S/C14H18O7/c15-9-2-1-7(10(16)17)12(9)5-6-13(20)8(11(18)19)3-4-14(12,13)21/h7-8,20-21H,1-6H2,(H,16,17)(H,18,19)/t7-,8-,12?,13-,14-/m0/s1. The summed E-state index contributed by atoms with van der Waals surface area (Å²) in [4.78, 5) is 35.2. The molecule has 0 aromatic heterocycles. The average Bonchev–Trinajstić information content (AvgIpc) is 2.93. The lowest BCUT2D eigenvalue weighted by molar-refractivity contribution is -0.196. The maximum atomic E-state index is 12.4. The van der Waals surface area contributed by atoms with Gasteiger partial charge in [-0.3, -0.25) is 14.4 Å². The van der Waals surface area contributed by atoms with E-state index in [4.69, 9.17) is 0 Å². The van der Waals surface area contributed by atoms with E-state index in [1.807, 2.05) is 0 Å². The molecule has 0 aromatic carbocycles. The van der Waals surface area contributed by atoms with E-state index in [9.17, 15) is 34.8 Å². The first-order chi connectivity index (χ1) is 9.70. The normalized spacial score (nSPS) is 48.8. The molecule has 3 saturated carbocycles. The SMILES string of the molecule is O=C(O)[C@@H]1CCC(=O)C12CC[C@]1(O)[C@H](C(=O)O)CC[C@]21O. The Morgan fingerprint density at radius 1 is 0.952 bits per heavy atom. The van der Waals surface area contributed by atoms with Crippen LogP contribution in [0.1, 0.15) is 38.5 Å². The molecule has 0 amide bonds. The molecule has 0 heterocycles. The van der Waals surface area contributed by atoms with Crippen molar-refractivity contribution in [1.82, 2.24) is 0 Å². The fraction of sp³-hybridized carbons (Fsp3) is 0.786. The summed E-state index contributed by atoms with van der Waals surface area (Å²) in [7, 11) is 0. The van der Waals surface area contributed by atoms with Gasteiger partial charge in [-0.25, -0.2) is 0 Å². The lowest BCUT2D eigenvalue weighted by Crippen LogP contribution is -2.62. The first kappa shape index (κ1) is 14.5. The average molecular weight is 298 g/mol. The van der Waals surface area contributed by atoms with Crippen LogP contribution in [0.3, 0.4) is 0 Å². The molecule has 116 valence electrons. The molecule has 0 saturated heterocycles. The van der Waals surface area contributed by atoms with Crippen LogP contribution in [0.15, 0.2) is 0 Å². The van der Waals surface area contributed by atoms with Crippen LogP contribution in [0.25, 0.3) is 0 Å². The van der Waals surface area contributed by atoms with Gasteiger partial charge in [0.1, 0.15) is 17.0 Å². The van der Waals surface area contributed by atoms with Crippen molar-refractivity contribution in [2.24, 2.45) is 17.3 Å². The fourth-order valence-electron chi connectivity index (χ4n) is 5.12. The molecule has 3 aliphatic carbocycles. The minimum Gasteiger partial charge on any atom is -0.481 e. The molecule has 3 fully saturated rings. The van der Waals surface area contributed by atoms with Crippen LogP contribution in [0.4, 0.5) is 0 Å². The largest absolute Gasteiger partial charge is 0.481 e. The van der Waals surface area contributed by atoms with E-state index in [0.717, 1.165) is 0 Å². The zero-order valence-electron chi connectivity index (χ0n) is 11.4. The zero-order chi connectivity index (χ0) is 15.6. The van der Waals surface area contributed by atoms with E-state index in [2.05, 4.69) is 0 Å². The second-order valence-electron chi connectivity index (χ2n) is 6.54. The number of aliphatic hydroxyl groups is 2. The monoisotopic (exact) mass is 298 g/mol. The van der Waals surface area contributed by atoms with Crippen LogP contribution in [0.5, 0.6) is 0 Å². The molecule has 7 nitrogen and oxygen atoms in total. The highest BCUT2D eigenvalue weighted by Crippen LogP contribution is 2.67. The molecule has 0 aliphatic heterocycles. The molecule has 0 bridgehead atoms. The highest BCUT2D eigenvalue weighted by molar-refractivity contribution is 5.95. The molecule has 3 rings (SSSR count). The van der Waals surface area contributed by atoms with Crippen molar-refractivity contribution >= 4 is 17.7 Å². The first-order valence-corrected chi connectivity index (χ1v) is 7.14. The number of ketones is 1. The summed E-state index contributed by atoms with van der Waals surface area (Å²) in [5.74, 6) is -4.97. The number of carboxylic acid groups (broad SMARTS) is 2. The summed E-state index contributed by atoms with van der Waals surface area (Å²) >= 11 is 0. The van der Waals surface area contributed by atoms with Crippen LogP contribution in [0.2, 0.25) is 0 Å². The Labute approximate surface area is 120 Å². The lowest BCUT2D eigenvalue weighted by atomic mass is 9.63. The third-order valence-corrected chi connectivity index (χ3v) is 6.07. The molecular formula is C14H18O7. The number of carbonyl (C=O) groups excluding carboxylic acids is 1. The Morgan fingerprint density at radius 2 is 1.57 bits per heavy atom. The predicted molar refractivity (Wildman–Crippen MR) is 67.3 cm³/mol. The van der Waals surface area contributed by atoms with Gasteiger partial charge >= 0.3 is 11.9 Å². The molecule has 3 aliphatic rings. The van der Waals surface area contributed by atoms with Crippen molar-refractivity contribution in [2.75, 3.05) is 0 Å². The fourth-order valence-corrected chi connectivity index (χ4v) is 5.12. The van der Waals surface area contributed by atoms with Crippen LogP contribution in [0, 0.1) is 17.3 Å². The van der Waals surface area contributed by atoms with Gasteiger partial charge in [0.25, 0.3) is 0 Å². The lowest BCUT2D eigenvalue weighted by Gasteiger charge is -2.44. The van der Waals surface area contributed by atoms with Gasteiger partial charge in [-0.2, -0.15) is 0 Å². The van der Waals surface area contributed by atoms with Gasteiger partial charge < -0.3 is 20.4 Å². The van der Waals surface area contributed by atoms with Crippen molar-refractivity contribution in [3.8, 4) is 0 Å². The summed E-state index contributed by atoms with van der Waals surface area (Å²) in [5, 5.41) is 40.5. The van der Waals surface area contributed by atoms with Crippen molar-refractivity contribution in [3.05, 3.63) is 0 Å². The zero-order valence-corrected chi connectivity index (χ0v) is 11.4. The number of aliphatic carboxylic acids is 2. The van der Waals surface area contributed by atoms with Crippen LogP contribution >= 0.6 is 0 Å². The van der Waals surface area contributed by atoms with Crippen LogP contribution in [-0.4, -0.2) is 49.4 Å². The second-order valence-corrected chi connectivity index (χ2v) is 6.54. The second kappa shape index (κ2) is 4.04. The molecular weight excluding hydrogens is 280 g/mol. The molecule has 21 heavy (non-hydrogen) atoms. The number of carboxylic acids is 2. The van der Waals surface area contributed by atoms with Crippen molar-refractivity contribution in [1.29, 1.82) is 0 Å². The molecule has 1 unspecified atom stereocenters. The Kier molecular flexibility index (Phi) is 2.79. The highest BCUT2D eigenvalue weighted by Gasteiger charge is 2.79. The Morgan fingerprint density at radius 3 is 2.14 bits per heavy atom. The first-order valence-electron chi connectivity index (χ1n) is 7.14. The van der Waals surface area contributed by atoms with Crippen molar-refractivity contribution in [3.63, 3.8) is 0 Å². The quantitative estimate of drug-likeness (QED) is 0.554. The van der Waals surface area contributed by atoms with E-state index >= 15 is 0 Å². The number of rotatable bonds is 2. The van der Waals surface area contributed by atoms with Gasteiger partial charge in [-0.1, -0.05) is 0 Å². The third kappa shape index (κ3) is 1.38. The molecule has 0 radical (unpaired) electrons.